The lowest BCUT2D eigenvalue weighted by atomic mass is 9.97. The van der Waals surface area contributed by atoms with E-state index < -0.39 is 0 Å². The molecule has 3 rings (SSSR count). The van der Waals surface area contributed by atoms with Crippen LogP contribution in [0.2, 0.25) is 0 Å². The first-order valence-electron chi connectivity index (χ1n) is 9.30. The summed E-state index contributed by atoms with van der Waals surface area (Å²) in [7, 11) is 0. The quantitative estimate of drug-likeness (QED) is 0.468. The summed E-state index contributed by atoms with van der Waals surface area (Å²) in [5.41, 5.74) is 11.4. The number of anilines is 1. The molecule has 1 aromatic heterocycles. The summed E-state index contributed by atoms with van der Waals surface area (Å²) in [5, 5.41) is 19.8. The second kappa shape index (κ2) is 8.82. The zero-order chi connectivity index (χ0) is 21.8. The van der Waals surface area contributed by atoms with Crippen LogP contribution in [-0.4, -0.2) is 16.5 Å². The van der Waals surface area contributed by atoms with Gasteiger partial charge in [0.1, 0.15) is 28.5 Å². The van der Waals surface area contributed by atoms with Gasteiger partial charge in [-0.05, 0) is 49.1 Å². The molecule has 2 N–H and O–H groups in total. The third kappa shape index (κ3) is 4.05. The first kappa shape index (κ1) is 21.1. The number of thioether (sulfide) groups is 1. The van der Waals surface area contributed by atoms with Gasteiger partial charge in [-0.2, -0.15) is 10.5 Å². The van der Waals surface area contributed by atoms with Crippen molar-refractivity contribution in [1.29, 1.82) is 10.5 Å². The van der Waals surface area contributed by atoms with E-state index >= 15 is 0 Å². The fourth-order valence-corrected chi connectivity index (χ4v) is 4.15. The molecule has 0 amide bonds. The van der Waals surface area contributed by atoms with Crippen LogP contribution in [0.1, 0.15) is 38.2 Å². The highest BCUT2D eigenvalue weighted by atomic mass is 32.2. The van der Waals surface area contributed by atoms with Gasteiger partial charge in [-0.15, -0.1) is 0 Å². The summed E-state index contributed by atoms with van der Waals surface area (Å²) in [6.45, 7) is 5.90. The van der Waals surface area contributed by atoms with E-state index in [0.29, 0.717) is 21.7 Å². The molecule has 5 nitrogen and oxygen atoms in total. The number of rotatable bonds is 5. The highest BCUT2D eigenvalue weighted by molar-refractivity contribution is 8.00. The first-order chi connectivity index (χ1) is 14.4. The number of hydrogen-bond donors (Lipinski definition) is 1. The van der Waals surface area contributed by atoms with Crippen LogP contribution in [0.3, 0.4) is 0 Å². The first-order valence-corrected chi connectivity index (χ1v) is 10.3. The molecule has 30 heavy (non-hydrogen) atoms. The summed E-state index contributed by atoms with van der Waals surface area (Å²) in [6, 6.07) is 17.2. The smallest absolute Gasteiger partial charge is 0.173 e. The minimum Gasteiger partial charge on any atom is -0.383 e. The average molecular weight is 413 g/mol. The molecular formula is C24H20N4OS. The van der Waals surface area contributed by atoms with Gasteiger partial charge in [-0.3, -0.25) is 4.79 Å². The molecule has 6 heteroatoms. The Morgan fingerprint density at radius 2 is 1.63 bits per heavy atom. The van der Waals surface area contributed by atoms with Crippen LogP contribution in [0.25, 0.3) is 11.1 Å². The molecule has 0 atom stereocenters. The van der Waals surface area contributed by atoms with Crippen molar-refractivity contribution in [2.24, 2.45) is 0 Å². The Bertz CT molecular complexity index is 1220. The molecule has 0 unspecified atom stereocenters. The number of Topliss-reactive ketones (excluding diaryl/α,β-unsaturated/α-hetero) is 1. The number of nitrogens with two attached hydrogens (primary N) is 1. The van der Waals surface area contributed by atoms with Crippen LogP contribution in [-0.2, 0) is 0 Å². The molecule has 0 saturated heterocycles. The Labute approximate surface area is 180 Å². The van der Waals surface area contributed by atoms with E-state index in [0.717, 1.165) is 28.5 Å². The molecule has 0 saturated carbocycles. The molecule has 0 radical (unpaired) electrons. The van der Waals surface area contributed by atoms with Crippen molar-refractivity contribution in [3.05, 3.63) is 75.8 Å². The van der Waals surface area contributed by atoms with Crippen molar-refractivity contribution in [3.8, 4) is 23.3 Å². The number of nitrogens with zero attached hydrogens (tertiary/aromatic N) is 3. The van der Waals surface area contributed by atoms with Crippen molar-refractivity contribution in [2.45, 2.75) is 25.8 Å². The fraction of sp³-hybridized carbons (Fsp3) is 0.167. The van der Waals surface area contributed by atoms with E-state index in [4.69, 9.17) is 5.73 Å². The zero-order valence-corrected chi connectivity index (χ0v) is 17.8. The summed E-state index contributed by atoms with van der Waals surface area (Å²) >= 11 is 1.16. The Morgan fingerprint density at radius 3 is 2.27 bits per heavy atom. The summed E-state index contributed by atoms with van der Waals surface area (Å²) in [6.07, 6.45) is 0. The number of aromatic nitrogens is 1. The number of benzene rings is 2. The lowest BCUT2D eigenvalue weighted by Gasteiger charge is -2.13. The summed E-state index contributed by atoms with van der Waals surface area (Å²) < 4.78 is 0. The molecule has 0 bridgehead atoms. The molecule has 0 aliphatic carbocycles. The van der Waals surface area contributed by atoms with E-state index in [1.807, 2.05) is 63.2 Å². The molecule has 148 valence electrons. The number of carbonyl (C=O) groups is 1. The fourth-order valence-electron chi connectivity index (χ4n) is 3.27. The minimum atomic E-state index is -0.0458. The number of carbonyl (C=O) groups excluding carboxylic acids is 1. The zero-order valence-electron chi connectivity index (χ0n) is 17.0. The molecule has 3 aromatic rings. The van der Waals surface area contributed by atoms with Crippen molar-refractivity contribution in [3.63, 3.8) is 0 Å². The van der Waals surface area contributed by atoms with Gasteiger partial charge < -0.3 is 5.73 Å². The van der Waals surface area contributed by atoms with Crippen molar-refractivity contribution < 1.29 is 4.79 Å². The number of hydrogen-bond acceptors (Lipinski definition) is 6. The van der Waals surface area contributed by atoms with Gasteiger partial charge in [0.2, 0.25) is 0 Å². The third-order valence-electron chi connectivity index (χ3n) is 4.96. The molecular weight excluding hydrogens is 392 g/mol. The van der Waals surface area contributed by atoms with Crippen LogP contribution in [0.5, 0.6) is 0 Å². The van der Waals surface area contributed by atoms with Crippen LogP contribution < -0.4 is 5.73 Å². The van der Waals surface area contributed by atoms with Gasteiger partial charge in [0.25, 0.3) is 0 Å². The van der Waals surface area contributed by atoms with Crippen molar-refractivity contribution >= 4 is 23.4 Å². The minimum absolute atomic E-state index is 0.0458. The van der Waals surface area contributed by atoms with Crippen LogP contribution in [0, 0.1) is 43.4 Å². The maximum atomic E-state index is 12.8. The highest BCUT2D eigenvalue weighted by Gasteiger charge is 2.21. The third-order valence-corrected chi connectivity index (χ3v) is 5.93. The molecule has 0 aliphatic heterocycles. The lowest BCUT2D eigenvalue weighted by Crippen LogP contribution is -2.08. The van der Waals surface area contributed by atoms with Gasteiger partial charge >= 0.3 is 0 Å². The maximum Gasteiger partial charge on any atom is 0.173 e. The van der Waals surface area contributed by atoms with E-state index in [-0.39, 0.29) is 28.5 Å². The maximum absolute atomic E-state index is 12.8. The molecule has 1 heterocycles. The van der Waals surface area contributed by atoms with Gasteiger partial charge in [-0.25, -0.2) is 4.98 Å². The Kier molecular flexibility index (Phi) is 6.20. The van der Waals surface area contributed by atoms with Gasteiger partial charge in [0, 0.05) is 11.1 Å². The van der Waals surface area contributed by atoms with Gasteiger partial charge in [-0.1, -0.05) is 48.2 Å². The summed E-state index contributed by atoms with van der Waals surface area (Å²) in [4.78, 5) is 17.1. The SMILES string of the molecule is Cc1cc(C)c(C(=O)CSc2nc(N)c(C#N)c(-c3ccccc3)c2C#N)cc1C. The lowest BCUT2D eigenvalue weighted by molar-refractivity contribution is 0.102. The standard InChI is InChI=1S/C24H20N4OS/c1-14-9-16(3)18(10-15(14)2)21(29)13-30-24-20(12-26)22(17-7-5-4-6-8-17)19(11-25)23(27)28-24/h4-10H,13H2,1-3H3,(H2,27,28). The van der Waals surface area contributed by atoms with Crippen LogP contribution in [0.4, 0.5) is 5.82 Å². The van der Waals surface area contributed by atoms with Crippen LogP contribution in [0.15, 0.2) is 47.5 Å². The van der Waals surface area contributed by atoms with E-state index in [9.17, 15) is 15.3 Å². The number of nitriles is 2. The second-order valence-electron chi connectivity index (χ2n) is 6.98. The second-order valence-corrected chi connectivity index (χ2v) is 7.94. The Hall–Kier alpha value is -3.61. The van der Waals surface area contributed by atoms with E-state index in [2.05, 4.69) is 17.1 Å². The average Bonchev–Trinajstić information content (AvgIpc) is 2.74. The predicted octanol–water partition coefficient (Wildman–Crippen LogP) is 4.97. The largest absolute Gasteiger partial charge is 0.383 e. The number of ketones is 1. The number of pyridine rings is 1. The van der Waals surface area contributed by atoms with E-state index in [1.54, 1.807) is 0 Å². The van der Waals surface area contributed by atoms with Crippen LogP contribution >= 0.6 is 11.8 Å². The molecule has 0 aliphatic rings. The molecule has 0 spiro atoms. The number of nitrogen functional groups attached to an aromatic ring is 1. The number of aryl methyl sites for hydroxylation is 3. The Morgan fingerprint density at radius 1 is 1.00 bits per heavy atom. The Balaban J connectivity index is 2.01. The summed E-state index contributed by atoms with van der Waals surface area (Å²) in [5.74, 6) is 0.119. The molecule has 0 fully saturated rings. The van der Waals surface area contributed by atoms with Crippen molar-refractivity contribution in [2.75, 3.05) is 11.5 Å². The normalized spacial score (nSPS) is 10.3. The van der Waals surface area contributed by atoms with E-state index in [1.165, 1.54) is 0 Å². The molecule has 2 aromatic carbocycles. The topological polar surface area (TPSA) is 104 Å². The predicted molar refractivity (Wildman–Crippen MR) is 119 cm³/mol. The van der Waals surface area contributed by atoms with Gasteiger partial charge in [0.15, 0.2) is 5.78 Å². The van der Waals surface area contributed by atoms with Gasteiger partial charge in [0.05, 0.1) is 11.3 Å². The van der Waals surface area contributed by atoms with Crippen molar-refractivity contribution in [1.82, 2.24) is 4.98 Å². The highest BCUT2D eigenvalue weighted by Crippen LogP contribution is 2.35. The monoisotopic (exact) mass is 412 g/mol.